The Balaban J connectivity index is 2.41. The van der Waals surface area contributed by atoms with E-state index >= 15 is 0 Å². The van der Waals surface area contributed by atoms with Gasteiger partial charge in [-0.1, -0.05) is 34.1 Å². The molecule has 3 nitrogen and oxygen atoms in total. The minimum absolute atomic E-state index is 0.316. The quantitative estimate of drug-likeness (QED) is 0.845. The van der Waals surface area contributed by atoms with E-state index in [1.54, 1.807) is 0 Å². The molecule has 0 aliphatic rings. The van der Waals surface area contributed by atoms with E-state index in [1.807, 2.05) is 24.3 Å². The molecule has 0 spiro atoms. The SMILES string of the molecule is O=C(O)c1c[nH]c2ccc(C=CCCBr)cc12. The van der Waals surface area contributed by atoms with Gasteiger partial charge in [-0.2, -0.15) is 0 Å². The van der Waals surface area contributed by atoms with Gasteiger partial charge in [-0.25, -0.2) is 4.79 Å². The van der Waals surface area contributed by atoms with E-state index < -0.39 is 5.97 Å². The predicted molar refractivity (Wildman–Crippen MR) is 72.7 cm³/mol. The van der Waals surface area contributed by atoms with Crippen LogP contribution < -0.4 is 0 Å². The zero-order chi connectivity index (χ0) is 12.3. The molecule has 17 heavy (non-hydrogen) atoms. The highest BCUT2D eigenvalue weighted by atomic mass is 79.9. The van der Waals surface area contributed by atoms with Crippen LogP contribution in [0.4, 0.5) is 0 Å². The average molecular weight is 294 g/mol. The summed E-state index contributed by atoms with van der Waals surface area (Å²) in [5, 5.41) is 10.7. The maximum absolute atomic E-state index is 11.0. The monoisotopic (exact) mass is 293 g/mol. The van der Waals surface area contributed by atoms with Gasteiger partial charge in [0.2, 0.25) is 0 Å². The number of H-pyrrole nitrogens is 1. The predicted octanol–water partition coefficient (Wildman–Crippen LogP) is 3.66. The van der Waals surface area contributed by atoms with Crippen molar-refractivity contribution < 1.29 is 9.90 Å². The van der Waals surface area contributed by atoms with Crippen LogP contribution >= 0.6 is 15.9 Å². The Labute approximate surface area is 107 Å². The molecule has 1 aromatic carbocycles. The Bertz CT molecular complexity index is 572. The molecule has 2 aromatic rings. The molecule has 0 saturated heterocycles. The number of allylic oxidation sites excluding steroid dienone is 1. The molecule has 0 unspecified atom stereocenters. The van der Waals surface area contributed by atoms with Crippen molar-refractivity contribution in [1.29, 1.82) is 0 Å². The summed E-state index contributed by atoms with van der Waals surface area (Å²) < 4.78 is 0. The molecule has 2 N–H and O–H groups in total. The van der Waals surface area contributed by atoms with Crippen LogP contribution in [-0.4, -0.2) is 21.4 Å². The number of nitrogens with one attached hydrogen (secondary N) is 1. The average Bonchev–Trinajstić information content (AvgIpc) is 2.72. The van der Waals surface area contributed by atoms with Crippen LogP contribution in [-0.2, 0) is 0 Å². The maximum atomic E-state index is 11.0. The molecule has 2 rings (SSSR count). The molecule has 0 aliphatic heterocycles. The van der Waals surface area contributed by atoms with Gasteiger partial charge in [0.05, 0.1) is 5.56 Å². The van der Waals surface area contributed by atoms with E-state index in [2.05, 4.69) is 27.0 Å². The number of carbonyl (C=O) groups is 1. The Morgan fingerprint density at radius 2 is 2.29 bits per heavy atom. The Hall–Kier alpha value is -1.55. The molecule has 4 heteroatoms. The van der Waals surface area contributed by atoms with E-state index in [0.29, 0.717) is 5.56 Å². The number of aromatic amines is 1. The molecule has 0 amide bonds. The van der Waals surface area contributed by atoms with Crippen LogP contribution in [0.15, 0.2) is 30.5 Å². The highest BCUT2D eigenvalue weighted by Crippen LogP contribution is 2.20. The molecule has 0 bridgehead atoms. The highest BCUT2D eigenvalue weighted by molar-refractivity contribution is 9.09. The van der Waals surface area contributed by atoms with Gasteiger partial charge in [-0.15, -0.1) is 0 Å². The minimum Gasteiger partial charge on any atom is -0.478 e. The summed E-state index contributed by atoms with van der Waals surface area (Å²) in [7, 11) is 0. The van der Waals surface area contributed by atoms with Gasteiger partial charge < -0.3 is 10.1 Å². The number of alkyl halides is 1. The van der Waals surface area contributed by atoms with Gasteiger partial charge >= 0.3 is 5.97 Å². The topological polar surface area (TPSA) is 53.1 Å². The van der Waals surface area contributed by atoms with Crippen LogP contribution in [0.25, 0.3) is 17.0 Å². The fourth-order valence-electron chi connectivity index (χ4n) is 1.70. The Morgan fingerprint density at radius 1 is 1.47 bits per heavy atom. The van der Waals surface area contributed by atoms with Gasteiger partial charge in [0, 0.05) is 22.4 Å². The van der Waals surface area contributed by atoms with Crippen molar-refractivity contribution in [3.63, 3.8) is 0 Å². The van der Waals surface area contributed by atoms with E-state index in [1.165, 1.54) is 6.20 Å². The van der Waals surface area contributed by atoms with Crippen LogP contribution in [0, 0.1) is 0 Å². The van der Waals surface area contributed by atoms with Gasteiger partial charge in [-0.3, -0.25) is 0 Å². The van der Waals surface area contributed by atoms with Crippen LogP contribution in [0.5, 0.6) is 0 Å². The highest BCUT2D eigenvalue weighted by Gasteiger charge is 2.09. The van der Waals surface area contributed by atoms with E-state index in [-0.39, 0.29) is 0 Å². The van der Waals surface area contributed by atoms with Crippen LogP contribution in [0.1, 0.15) is 22.3 Å². The first-order valence-corrected chi connectivity index (χ1v) is 6.41. The van der Waals surface area contributed by atoms with Crippen molar-refractivity contribution in [2.75, 3.05) is 5.33 Å². The molecular weight excluding hydrogens is 282 g/mol. The lowest BCUT2D eigenvalue weighted by molar-refractivity contribution is 0.0699. The maximum Gasteiger partial charge on any atom is 0.337 e. The van der Waals surface area contributed by atoms with Gasteiger partial charge in [-0.05, 0) is 24.1 Å². The van der Waals surface area contributed by atoms with Crippen molar-refractivity contribution in [3.8, 4) is 0 Å². The zero-order valence-electron chi connectivity index (χ0n) is 9.11. The van der Waals surface area contributed by atoms with Crippen LogP contribution in [0.3, 0.4) is 0 Å². The summed E-state index contributed by atoms with van der Waals surface area (Å²) >= 11 is 3.35. The molecular formula is C13H12BrNO2. The van der Waals surface area contributed by atoms with Crippen molar-refractivity contribution in [1.82, 2.24) is 4.98 Å². The number of fused-ring (bicyclic) bond motifs is 1. The second-order valence-electron chi connectivity index (χ2n) is 3.69. The third-order valence-corrected chi connectivity index (χ3v) is 2.98. The smallest absolute Gasteiger partial charge is 0.337 e. The fourth-order valence-corrected chi connectivity index (χ4v) is 1.97. The molecule has 1 aromatic heterocycles. The van der Waals surface area contributed by atoms with E-state index in [9.17, 15) is 4.79 Å². The minimum atomic E-state index is -0.905. The second kappa shape index (κ2) is 5.19. The number of aromatic nitrogens is 1. The summed E-state index contributed by atoms with van der Waals surface area (Å²) in [6, 6.07) is 5.75. The van der Waals surface area contributed by atoms with Gasteiger partial charge in [0.15, 0.2) is 0 Å². The summed E-state index contributed by atoms with van der Waals surface area (Å²) in [5.41, 5.74) is 2.18. The van der Waals surface area contributed by atoms with Crippen molar-refractivity contribution >= 4 is 38.9 Å². The first-order valence-electron chi connectivity index (χ1n) is 5.29. The second-order valence-corrected chi connectivity index (χ2v) is 4.49. The van der Waals surface area contributed by atoms with Gasteiger partial charge in [0.1, 0.15) is 0 Å². The van der Waals surface area contributed by atoms with E-state index in [0.717, 1.165) is 28.2 Å². The first-order chi connectivity index (χ1) is 8.22. The van der Waals surface area contributed by atoms with Gasteiger partial charge in [0.25, 0.3) is 0 Å². The number of aromatic carboxylic acids is 1. The molecule has 1 heterocycles. The number of benzene rings is 1. The normalized spacial score (nSPS) is 11.4. The lowest BCUT2D eigenvalue weighted by Crippen LogP contribution is -1.93. The number of hydrogen-bond acceptors (Lipinski definition) is 1. The number of halogens is 1. The Kier molecular flexibility index (Phi) is 3.64. The Morgan fingerprint density at radius 3 is 3.00 bits per heavy atom. The van der Waals surface area contributed by atoms with E-state index in [4.69, 9.17) is 5.11 Å². The van der Waals surface area contributed by atoms with Crippen molar-refractivity contribution in [3.05, 3.63) is 41.6 Å². The molecule has 0 saturated carbocycles. The molecule has 0 atom stereocenters. The molecule has 0 fully saturated rings. The third kappa shape index (κ3) is 2.58. The lowest BCUT2D eigenvalue weighted by Gasteiger charge is -1.96. The third-order valence-electron chi connectivity index (χ3n) is 2.52. The zero-order valence-corrected chi connectivity index (χ0v) is 10.7. The first kappa shape index (κ1) is 11.9. The molecule has 0 aliphatic carbocycles. The summed E-state index contributed by atoms with van der Waals surface area (Å²) in [6.45, 7) is 0. The number of rotatable bonds is 4. The lowest BCUT2D eigenvalue weighted by atomic mass is 10.1. The van der Waals surface area contributed by atoms with Crippen LogP contribution in [0.2, 0.25) is 0 Å². The standard InChI is InChI=1S/C13H12BrNO2/c14-6-2-1-3-9-4-5-12-10(7-9)11(8-15-12)13(16)17/h1,3-5,7-8,15H,2,6H2,(H,16,17). The van der Waals surface area contributed by atoms with Crippen molar-refractivity contribution in [2.24, 2.45) is 0 Å². The molecule has 0 radical (unpaired) electrons. The fraction of sp³-hybridized carbons (Fsp3) is 0.154. The summed E-state index contributed by atoms with van der Waals surface area (Å²) in [6.07, 6.45) is 6.54. The largest absolute Gasteiger partial charge is 0.478 e. The summed E-state index contributed by atoms with van der Waals surface area (Å²) in [5.74, 6) is -0.905. The molecule has 88 valence electrons. The number of carboxylic acids is 1. The number of carboxylic acid groups (broad SMARTS) is 1. The number of hydrogen-bond donors (Lipinski definition) is 2. The summed E-state index contributed by atoms with van der Waals surface area (Å²) in [4.78, 5) is 14.0. The van der Waals surface area contributed by atoms with Crippen molar-refractivity contribution in [2.45, 2.75) is 6.42 Å².